The average molecular weight is 356 g/mol. The quantitative estimate of drug-likeness (QED) is 0.798. The third-order valence-electron chi connectivity index (χ3n) is 3.12. The van der Waals surface area contributed by atoms with Crippen molar-refractivity contribution in [1.82, 2.24) is 5.32 Å². The number of furan rings is 1. The van der Waals surface area contributed by atoms with E-state index in [4.69, 9.17) is 9.15 Å². The number of ether oxygens (including phenoxy) is 1. The van der Waals surface area contributed by atoms with Crippen LogP contribution in [0.15, 0.2) is 39.2 Å². The Morgan fingerprint density at radius 3 is 2.86 bits per heavy atom. The van der Waals surface area contributed by atoms with Crippen LogP contribution in [0.2, 0.25) is 0 Å². The van der Waals surface area contributed by atoms with Gasteiger partial charge in [-0.15, -0.1) is 0 Å². The number of benzene rings is 1. The van der Waals surface area contributed by atoms with E-state index in [0.717, 1.165) is 34.5 Å². The van der Waals surface area contributed by atoms with Crippen molar-refractivity contribution < 1.29 is 13.5 Å². The molecule has 3 nitrogen and oxygen atoms in total. The van der Waals surface area contributed by atoms with E-state index in [1.54, 1.807) is 13.2 Å². The number of hydrogen-bond acceptors (Lipinski definition) is 3. The van der Waals surface area contributed by atoms with Crippen LogP contribution in [0, 0.1) is 5.82 Å². The molecule has 0 bridgehead atoms. The van der Waals surface area contributed by atoms with Gasteiger partial charge in [0.25, 0.3) is 0 Å². The molecule has 1 atom stereocenters. The average Bonchev–Trinajstić information content (AvgIpc) is 2.92. The van der Waals surface area contributed by atoms with Gasteiger partial charge in [-0.25, -0.2) is 4.39 Å². The number of hydrogen-bond donors (Lipinski definition) is 1. The van der Waals surface area contributed by atoms with Crippen LogP contribution in [0.25, 0.3) is 0 Å². The molecule has 1 heterocycles. The molecule has 1 N–H and O–H groups in total. The summed E-state index contributed by atoms with van der Waals surface area (Å²) in [4.78, 5) is 0. The predicted octanol–water partition coefficient (Wildman–Crippen LogP) is 4.42. The molecule has 0 fully saturated rings. The highest BCUT2D eigenvalue weighted by molar-refractivity contribution is 9.10. The first-order chi connectivity index (χ1) is 10.2. The maximum atomic E-state index is 13.6. The lowest BCUT2D eigenvalue weighted by Gasteiger charge is -2.18. The Balaban J connectivity index is 2.34. The number of halogens is 2. The van der Waals surface area contributed by atoms with Crippen molar-refractivity contribution in [3.8, 4) is 0 Å². The van der Waals surface area contributed by atoms with Gasteiger partial charge in [0.1, 0.15) is 23.9 Å². The fourth-order valence-electron chi connectivity index (χ4n) is 2.16. The second-order valence-electron chi connectivity index (χ2n) is 4.79. The van der Waals surface area contributed by atoms with Crippen LogP contribution in [-0.4, -0.2) is 13.7 Å². The van der Waals surface area contributed by atoms with Gasteiger partial charge in [0, 0.05) is 11.6 Å². The van der Waals surface area contributed by atoms with Gasteiger partial charge in [0.2, 0.25) is 0 Å². The van der Waals surface area contributed by atoms with Crippen LogP contribution < -0.4 is 5.32 Å². The van der Waals surface area contributed by atoms with Crippen molar-refractivity contribution in [3.05, 3.63) is 57.7 Å². The molecule has 5 heteroatoms. The van der Waals surface area contributed by atoms with Crippen LogP contribution in [0.3, 0.4) is 0 Å². The van der Waals surface area contributed by atoms with E-state index in [1.807, 2.05) is 12.1 Å². The Labute approximate surface area is 132 Å². The third-order valence-corrected chi connectivity index (χ3v) is 3.84. The second kappa shape index (κ2) is 7.73. The summed E-state index contributed by atoms with van der Waals surface area (Å²) in [6.07, 6.45) is 0.981. The number of nitrogens with one attached hydrogen (secondary N) is 1. The largest absolute Gasteiger partial charge is 0.462 e. The number of methoxy groups -OCH3 is 1. The molecule has 0 aliphatic carbocycles. The molecule has 1 aromatic heterocycles. The Morgan fingerprint density at radius 2 is 2.14 bits per heavy atom. The highest BCUT2D eigenvalue weighted by atomic mass is 79.9. The first-order valence-electron chi connectivity index (χ1n) is 6.91. The Bertz CT molecular complexity index is 585. The second-order valence-corrected chi connectivity index (χ2v) is 5.64. The number of rotatable bonds is 7. The van der Waals surface area contributed by atoms with Gasteiger partial charge >= 0.3 is 0 Å². The highest BCUT2D eigenvalue weighted by Gasteiger charge is 2.20. The Morgan fingerprint density at radius 1 is 1.33 bits per heavy atom. The lowest BCUT2D eigenvalue weighted by molar-refractivity contribution is 0.162. The van der Waals surface area contributed by atoms with Crippen LogP contribution in [0.5, 0.6) is 0 Å². The van der Waals surface area contributed by atoms with E-state index in [0.29, 0.717) is 6.61 Å². The molecule has 0 amide bonds. The Hall–Kier alpha value is -1.17. The molecule has 0 spiro atoms. The van der Waals surface area contributed by atoms with Gasteiger partial charge in [0.15, 0.2) is 0 Å². The molecule has 1 aromatic carbocycles. The normalized spacial score (nSPS) is 12.6. The molecular weight excluding hydrogens is 337 g/mol. The van der Waals surface area contributed by atoms with Crippen LogP contribution in [0.4, 0.5) is 4.39 Å². The maximum absolute atomic E-state index is 13.6. The summed E-state index contributed by atoms with van der Waals surface area (Å²) in [5.74, 6) is 1.24. The molecule has 1 unspecified atom stereocenters. The monoisotopic (exact) mass is 355 g/mol. The zero-order valence-corrected chi connectivity index (χ0v) is 13.7. The summed E-state index contributed by atoms with van der Waals surface area (Å²) in [6, 6.07) is 8.26. The Kier molecular flexibility index (Phi) is 5.96. The molecule has 0 saturated heterocycles. The lowest BCUT2D eigenvalue weighted by atomic mass is 10.0. The van der Waals surface area contributed by atoms with E-state index in [-0.39, 0.29) is 11.9 Å². The molecular formula is C16H19BrFNO2. The molecule has 0 aliphatic rings. The zero-order valence-electron chi connectivity index (χ0n) is 12.2. The maximum Gasteiger partial charge on any atom is 0.129 e. The summed E-state index contributed by atoms with van der Waals surface area (Å²) in [7, 11) is 1.62. The first kappa shape index (κ1) is 16.2. The van der Waals surface area contributed by atoms with Gasteiger partial charge in [-0.05, 0) is 48.9 Å². The summed E-state index contributed by atoms with van der Waals surface area (Å²) in [5, 5.41) is 3.39. The molecule has 2 rings (SSSR count). The van der Waals surface area contributed by atoms with Gasteiger partial charge in [-0.3, -0.25) is 0 Å². The third kappa shape index (κ3) is 4.15. The van der Waals surface area contributed by atoms with Crippen molar-refractivity contribution in [2.75, 3.05) is 13.7 Å². The van der Waals surface area contributed by atoms with Crippen molar-refractivity contribution >= 4 is 15.9 Å². The van der Waals surface area contributed by atoms with E-state index in [9.17, 15) is 4.39 Å². The van der Waals surface area contributed by atoms with Crippen molar-refractivity contribution in [2.24, 2.45) is 0 Å². The minimum Gasteiger partial charge on any atom is -0.462 e. The summed E-state index contributed by atoms with van der Waals surface area (Å²) in [6.45, 7) is 3.32. The summed E-state index contributed by atoms with van der Waals surface area (Å²) < 4.78 is 25.3. The summed E-state index contributed by atoms with van der Waals surface area (Å²) >= 11 is 3.48. The molecule has 0 radical (unpaired) electrons. The fourth-order valence-corrected chi connectivity index (χ4v) is 2.63. The van der Waals surface area contributed by atoms with Gasteiger partial charge in [-0.1, -0.05) is 22.9 Å². The van der Waals surface area contributed by atoms with Crippen molar-refractivity contribution in [3.63, 3.8) is 0 Å². The highest BCUT2D eigenvalue weighted by Crippen LogP contribution is 2.30. The minimum absolute atomic E-state index is 0.194. The molecule has 114 valence electrons. The van der Waals surface area contributed by atoms with Gasteiger partial charge in [-0.2, -0.15) is 0 Å². The van der Waals surface area contributed by atoms with E-state index >= 15 is 0 Å². The van der Waals surface area contributed by atoms with Crippen molar-refractivity contribution in [1.29, 1.82) is 0 Å². The molecule has 0 aliphatic heterocycles. The van der Waals surface area contributed by atoms with E-state index in [1.165, 1.54) is 12.1 Å². The SMILES string of the molecule is CCCNC(c1ccc(COC)o1)c1cc(F)ccc1Br. The molecule has 21 heavy (non-hydrogen) atoms. The minimum atomic E-state index is -0.264. The van der Waals surface area contributed by atoms with E-state index in [2.05, 4.69) is 28.2 Å². The lowest BCUT2D eigenvalue weighted by Crippen LogP contribution is -2.23. The smallest absolute Gasteiger partial charge is 0.129 e. The van der Waals surface area contributed by atoms with Crippen LogP contribution >= 0.6 is 15.9 Å². The fraction of sp³-hybridized carbons (Fsp3) is 0.375. The first-order valence-corrected chi connectivity index (χ1v) is 7.71. The van der Waals surface area contributed by atoms with Crippen molar-refractivity contribution in [2.45, 2.75) is 26.0 Å². The summed E-state index contributed by atoms with van der Waals surface area (Å²) in [5.41, 5.74) is 0.821. The van der Waals surface area contributed by atoms with Gasteiger partial charge in [0.05, 0.1) is 6.04 Å². The van der Waals surface area contributed by atoms with Gasteiger partial charge < -0.3 is 14.5 Å². The standard InChI is InChI=1S/C16H19BrFNO2/c1-3-8-19-16(13-9-11(18)4-6-14(13)17)15-7-5-12(21-15)10-20-2/h4-7,9,16,19H,3,8,10H2,1-2H3. The zero-order chi connectivity index (χ0) is 15.2. The van der Waals surface area contributed by atoms with E-state index < -0.39 is 0 Å². The van der Waals surface area contributed by atoms with Crippen LogP contribution in [0.1, 0.15) is 36.5 Å². The van der Waals surface area contributed by atoms with Crippen LogP contribution in [-0.2, 0) is 11.3 Å². The predicted molar refractivity (Wildman–Crippen MR) is 83.7 cm³/mol. The molecule has 0 saturated carbocycles. The molecule has 2 aromatic rings. The topological polar surface area (TPSA) is 34.4 Å².